The first-order chi connectivity index (χ1) is 13.1. The predicted octanol–water partition coefficient (Wildman–Crippen LogP) is 5.81. The maximum atomic E-state index is 12.1. The summed E-state index contributed by atoms with van der Waals surface area (Å²) < 4.78 is 5.17. The van der Waals surface area contributed by atoms with Gasteiger partial charge in [-0.15, -0.1) is 0 Å². The van der Waals surface area contributed by atoms with E-state index < -0.39 is 0 Å². The second-order valence-corrected chi connectivity index (χ2v) is 7.82. The number of nitrogens with one attached hydrogen (secondary N) is 1. The van der Waals surface area contributed by atoms with E-state index in [1.165, 1.54) is 16.7 Å². The maximum absolute atomic E-state index is 12.1. The van der Waals surface area contributed by atoms with E-state index >= 15 is 0 Å². The number of rotatable bonds is 4. The van der Waals surface area contributed by atoms with Crippen molar-refractivity contribution in [1.82, 2.24) is 0 Å². The molecule has 0 saturated heterocycles. The summed E-state index contributed by atoms with van der Waals surface area (Å²) in [6, 6.07) is 15.2. The third kappa shape index (κ3) is 3.27. The second-order valence-electron chi connectivity index (χ2n) is 7.82. The number of hydrogen-bond donors (Lipinski definition) is 1. The van der Waals surface area contributed by atoms with Crippen molar-refractivity contribution in [2.45, 2.75) is 45.1 Å². The summed E-state index contributed by atoms with van der Waals surface area (Å²) in [6.45, 7) is 6.68. The minimum Gasteiger partial charge on any atom is -0.462 e. The van der Waals surface area contributed by atoms with E-state index in [1.54, 1.807) is 0 Å². The summed E-state index contributed by atoms with van der Waals surface area (Å²) in [7, 11) is 0. The van der Waals surface area contributed by atoms with Gasteiger partial charge in [0.2, 0.25) is 0 Å². The summed E-state index contributed by atoms with van der Waals surface area (Å²) in [6.07, 6.45) is 5.63. The number of allylic oxidation sites excluding steroid dienone is 2. The van der Waals surface area contributed by atoms with Crippen LogP contribution in [0.25, 0.3) is 0 Å². The predicted molar refractivity (Wildman–Crippen MR) is 109 cm³/mol. The fraction of sp³-hybridized carbons (Fsp3) is 0.375. The molecule has 1 aliphatic carbocycles. The molecule has 2 aromatic carbocycles. The van der Waals surface area contributed by atoms with E-state index in [-0.39, 0.29) is 12.0 Å². The van der Waals surface area contributed by atoms with Crippen molar-refractivity contribution in [3.63, 3.8) is 0 Å². The standard InChI is InChI=1S/C24H27NO2/c1-4-27-24(26)18-12-13-22-21(14-18)19-6-5-7-20(19)23(25-22)17-10-8-16(9-11-17)15(2)3/h5-6,8-15,19-20,23,25H,4,7H2,1-3H3/t19?,20?,23-/m1/s1. The molecule has 27 heavy (non-hydrogen) atoms. The van der Waals surface area contributed by atoms with Gasteiger partial charge >= 0.3 is 5.97 Å². The van der Waals surface area contributed by atoms with Crippen molar-refractivity contribution in [3.05, 3.63) is 76.9 Å². The van der Waals surface area contributed by atoms with Gasteiger partial charge in [0, 0.05) is 11.6 Å². The summed E-state index contributed by atoms with van der Waals surface area (Å²) in [4.78, 5) is 12.1. The van der Waals surface area contributed by atoms with E-state index in [4.69, 9.17) is 4.74 Å². The zero-order valence-corrected chi connectivity index (χ0v) is 16.2. The molecular formula is C24H27NO2. The molecule has 0 aromatic heterocycles. The molecule has 2 aliphatic rings. The second kappa shape index (κ2) is 7.22. The Labute approximate surface area is 161 Å². The number of carbonyl (C=O) groups is 1. The van der Waals surface area contributed by atoms with Crippen LogP contribution in [0.3, 0.4) is 0 Å². The number of hydrogen-bond acceptors (Lipinski definition) is 3. The molecule has 1 heterocycles. The molecule has 0 spiro atoms. The van der Waals surface area contributed by atoms with Gasteiger partial charge in [0.15, 0.2) is 0 Å². The average molecular weight is 361 g/mol. The fourth-order valence-corrected chi connectivity index (χ4v) is 4.35. The number of ether oxygens (including phenoxy) is 1. The van der Waals surface area contributed by atoms with E-state index in [0.29, 0.717) is 29.9 Å². The average Bonchev–Trinajstić information content (AvgIpc) is 3.17. The molecule has 0 fully saturated rings. The first-order valence-corrected chi connectivity index (χ1v) is 9.92. The molecular weight excluding hydrogens is 334 g/mol. The van der Waals surface area contributed by atoms with Crippen LogP contribution in [0.4, 0.5) is 5.69 Å². The molecule has 3 heteroatoms. The van der Waals surface area contributed by atoms with E-state index in [9.17, 15) is 4.79 Å². The number of fused-ring (bicyclic) bond motifs is 3. The van der Waals surface area contributed by atoms with Crippen molar-refractivity contribution in [1.29, 1.82) is 0 Å². The zero-order chi connectivity index (χ0) is 19.0. The highest BCUT2D eigenvalue weighted by Crippen LogP contribution is 2.50. The molecule has 3 atom stereocenters. The molecule has 4 rings (SSSR count). The van der Waals surface area contributed by atoms with Gasteiger partial charge in [0.25, 0.3) is 0 Å². The Hall–Kier alpha value is -2.55. The summed E-state index contributed by atoms with van der Waals surface area (Å²) in [5.74, 6) is 1.11. The van der Waals surface area contributed by atoms with E-state index in [1.807, 2.05) is 25.1 Å². The third-order valence-corrected chi connectivity index (χ3v) is 5.84. The smallest absolute Gasteiger partial charge is 0.338 e. The lowest BCUT2D eigenvalue weighted by Gasteiger charge is -2.37. The van der Waals surface area contributed by atoms with Crippen LogP contribution in [0.1, 0.15) is 72.1 Å². The molecule has 2 unspecified atom stereocenters. The molecule has 0 bridgehead atoms. The third-order valence-electron chi connectivity index (χ3n) is 5.84. The number of anilines is 1. The monoisotopic (exact) mass is 361 g/mol. The molecule has 140 valence electrons. The summed E-state index contributed by atoms with van der Waals surface area (Å²) >= 11 is 0. The van der Waals surface area contributed by atoms with Gasteiger partial charge in [-0.2, -0.15) is 0 Å². The van der Waals surface area contributed by atoms with Crippen LogP contribution in [-0.4, -0.2) is 12.6 Å². The van der Waals surface area contributed by atoms with Crippen LogP contribution < -0.4 is 5.32 Å². The molecule has 3 nitrogen and oxygen atoms in total. The van der Waals surface area contributed by atoms with Crippen molar-refractivity contribution < 1.29 is 9.53 Å². The van der Waals surface area contributed by atoms with Gasteiger partial charge < -0.3 is 10.1 Å². The van der Waals surface area contributed by atoms with Gasteiger partial charge in [-0.3, -0.25) is 0 Å². The van der Waals surface area contributed by atoms with Gasteiger partial charge in [-0.05, 0) is 60.1 Å². The molecule has 0 saturated carbocycles. The van der Waals surface area contributed by atoms with Crippen LogP contribution in [-0.2, 0) is 4.74 Å². The summed E-state index contributed by atoms with van der Waals surface area (Å²) in [5, 5.41) is 3.74. The van der Waals surface area contributed by atoms with Crippen molar-refractivity contribution in [2.75, 3.05) is 11.9 Å². The highest BCUT2D eigenvalue weighted by molar-refractivity contribution is 5.90. The Morgan fingerprint density at radius 2 is 1.96 bits per heavy atom. The largest absolute Gasteiger partial charge is 0.462 e. The van der Waals surface area contributed by atoms with Gasteiger partial charge in [0.05, 0.1) is 18.2 Å². The van der Waals surface area contributed by atoms with Crippen molar-refractivity contribution >= 4 is 11.7 Å². The Bertz CT molecular complexity index is 866. The van der Waals surface area contributed by atoms with Crippen LogP contribution in [0.2, 0.25) is 0 Å². The van der Waals surface area contributed by atoms with Crippen LogP contribution in [0, 0.1) is 5.92 Å². The Morgan fingerprint density at radius 1 is 1.19 bits per heavy atom. The number of carbonyl (C=O) groups excluding carboxylic acids is 1. The molecule has 1 N–H and O–H groups in total. The van der Waals surface area contributed by atoms with Crippen LogP contribution in [0.5, 0.6) is 0 Å². The summed E-state index contributed by atoms with van der Waals surface area (Å²) in [5.41, 5.74) is 5.66. The first kappa shape index (κ1) is 17.8. The highest BCUT2D eigenvalue weighted by atomic mass is 16.5. The minimum absolute atomic E-state index is 0.245. The topological polar surface area (TPSA) is 38.3 Å². The highest BCUT2D eigenvalue weighted by Gasteiger charge is 2.38. The minimum atomic E-state index is -0.245. The van der Waals surface area contributed by atoms with Crippen molar-refractivity contribution in [3.8, 4) is 0 Å². The normalized spacial score (nSPS) is 22.9. The fourth-order valence-electron chi connectivity index (χ4n) is 4.35. The molecule has 0 radical (unpaired) electrons. The van der Waals surface area contributed by atoms with E-state index in [0.717, 1.165) is 12.1 Å². The van der Waals surface area contributed by atoms with E-state index in [2.05, 4.69) is 55.6 Å². The molecule has 0 amide bonds. The lowest BCUT2D eigenvalue weighted by atomic mass is 9.76. The lowest BCUT2D eigenvalue weighted by Crippen LogP contribution is -2.29. The van der Waals surface area contributed by atoms with Crippen LogP contribution >= 0.6 is 0 Å². The van der Waals surface area contributed by atoms with Crippen molar-refractivity contribution in [2.24, 2.45) is 5.92 Å². The number of esters is 1. The first-order valence-electron chi connectivity index (χ1n) is 9.92. The quantitative estimate of drug-likeness (QED) is 0.551. The SMILES string of the molecule is CCOC(=O)c1ccc2c(c1)C1C=CCC1[C@@H](c1ccc(C(C)C)cc1)N2. The zero-order valence-electron chi connectivity index (χ0n) is 16.2. The van der Waals surface area contributed by atoms with Crippen LogP contribution in [0.15, 0.2) is 54.6 Å². The Morgan fingerprint density at radius 3 is 2.67 bits per heavy atom. The van der Waals surface area contributed by atoms with Gasteiger partial charge in [-0.1, -0.05) is 50.3 Å². The van der Waals surface area contributed by atoms with Gasteiger partial charge in [-0.25, -0.2) is 4.79 Å². The maximum Gasteiger partial charge on any atom is 0.338 e. The molecule has 1 aliphatic heterocycles. The lowest BCUT2D eigenvalue weighted by molar-refractivity contribution is 0.0526. The molecule has 2 aromatic rings. The Balaban J connectivity index is 1.67. The Kier molecular flexibility index (Phi) is 4.77. The number of benzene rings is 2. The van der Waals surface area contributed by atoms with Gasteiger partial charge in [0.1, 0.15) is 0 Å².